The van der Waals surface area contributed by atoms with E-state index in [9.17, 15) is 4.79 Å². The molecule has 0 aliphatic carbocycles. The average molecular weight is 252 g/mol. The average Bonchev–Trinajstić information content (AvgIpc) is 2.46. The van der Waals surface area contributed by atoms with Gasteiger partial charge in [0.1, 0.15) is 0 Å². The second-order valence-electron chi connectivity index (χ2n) is 4.16. The molecule has 2 aromatic heterocycles. The van der Waals surface area contributed by atoms with Gasteiger partial charge in [0.05, 0.1) is 23.2 Å². The van der Waals surface area contributed by atoms with Crippen molar-refractivity contribution >= 4 is 27.8 Å². The topological polar surface area (TPSA) is 52.1 Å². The van der Waals surface area contributed by atoms with Crippen LogP contribution in [-0.2, 0) is 4.74 Å². The third kappa shape index (κ3) is 2.01. The summed E-state index contributed by atoms with van der Waals surface area (Å²) in [6, 6.07) is 9.58. The van der Waals surface area contributed by atoms with Gasteiger partial charge in [0.15, 0.2) is 0 Å². The van der Waals surface area contributed by atoms with Gasteiger partial charge in [0, 0.05) is 23.2 Å². The van der Waals surface area contributed by atoms with Crippen LogP contribution >= 0.6 is 0 Å². The van der Waals surface area contributed by atoms with Crippen molar-refractivity contribution in [1.29, 1.82) is 0 Å². The summed E-state index contributed by atoms with van der Waals surface area (Å²) >= 11 is 0. The predicted molar refractivity (Wildman–Crippen MR) is 73.0 cm³/mol. The molecule has 2 heterocycles. The van der Waals surface area contributed by atoms with Crippen molar-refractivity contribution in [2.75, 3.05) is 6.61 Å². The molecule has 0 bridgehead atoms. The van der Waals surface area contributed by atoms with Gasteiger partial charge in [-0.15, -0.1) is 0 Å². The van der Waals surface area contributed by atoms with E-state index in [-0.39, 0.29) is 5.97 Å². The van der Waals surface area contributed by atoms with E-state index in [1.165, 1.54) is 6.20 Å². The van der Waals surface area contributed by atoms with E-state index in [1.807, 2.05) is 24.3 Å². The maximum Gasteiger partial charge on any atom is 0.339 e. The van der Waals surface area contributed by atoms with Crippen LogP contribution in [0.5, 0.6) is 0 Å². The number of fused-ring (bicyclic) bond motifs is 3. The lowest BCUT2D eigenvalue weighted by atomic mass is 10.1. The standard InChI is InChI=1S/C15H12N2O2/c1-2-19-15(18)12-8-11-6-5-10-4-3-7-16-13(10)14(11)17-9-12/h3-9H,2H2,1H3. The minimum absolute atomic E-state index is 0.349. The van der Waals surface area contributed by atoms with Crippen molar-refractivity contribution in [3.05, 3.63) is 48.3 Å². The highest BCUT2D eigenvalue weighted by molar-refractivity contribution is 6.04. The lowest BCUT2D eigenvalue weighted by Crippen LogP contribution is -2.05. The number of carbonyl (C=O) groups is 1. The summed E-state index contributed by atoms with van der Waals surface area (Å²) in [6.45, 7) is 2.14. The molecular weight excluding hydrogens is 240 g/mol. The van der Waals surface area contributed by atoms with E-state index >= 15 is 0 Å². The van der Waals surface area contributed by atoms with Crippen LogP contribution in [0.1, 0.15) is 17.3 Å². The molecule has 94 valence electrons. The first-order valence-electron chi connectivity index (χ1n) is 6.10. The van der Waals surface area contributed by atoms with Crippen LogP contribution in [0.2, 0.25) is 0 Å². The van der Waals surface area contributed by atoms with Crippen LogP contribution in [0.3, 0.4) is 0 Å². The molecule has 1 aromatic carbocycles. The number of benzene rings is 1. The molecule has 0 saturated carbocycles. The SMILES string of the molecule is CCOC(=O)c1cnc2c(ccc3cccnc32)c1. The van der Waals surface area contributed by atoms with Crippen molar-refractivity contribution in [2.24, 2.45) is 0 Å². The quantitative estimate of drug-likeness (QED) is 0.519. The smallest absolute Gasteiger partial charge is 0.339 e. The van der Waals surface area contributed by atoms with Gasteiger partial charge in [-0.3, -0.25) is 9.97 Å². The number of carbonyl (C=O) groups excluding carboxylic acids is 1. The lowest BCUT2D eigenvalue weighted by Gasteiger charge is -2.05. The fraction of sp³-hybridized carbons (Fsp3) is 0.133. The lowest BCUT2D eigenvalue weighted by molar-refractivity contribution is 0.0526. The van der Waals surface area contributed by atoms with Crippen LogP contribution in [0.25, 0.3) is 21.8 Å². The molecule has 0 radical (unpaired) electrons. The highest BCUT2D eigenvalue weighted by atomic mass is 16.5. The molecule has 4 nitrogen and oxygen atoms in total. The summed E-state index contributed by atoms with van der Waals surface area (Å²) < 4.78 is 4.97. The Labute approximate surface area is 110 Å². The Hall–Kier alpha value is -2.49. The Morgan fingerprint density at radius 1 is 1.16 bits per heavy atom. The third-order valence-electron chi connectivity index (χ3n) is 2.93. The number of ether oxygens (including phenoxy) is 1. The number of hydrogen-bond donors (Lipinski definition) is 0. The molecule has 4 heteroatoms. The fourth-order valence-electron chi connectivity index (χ4n) is 2.06. The molecule has 0 saturated heterocycles. The molecule has 19 heavy (non-hydrogen) atoms. The van der Waals surface area contributed by atoms with Gasteiger partial charge >= 0.3 is 5.97 Å². The van der Waals surface area contributed by atoms with E-state index in [4.69, 9.17) is 4.74 Å². The first kappa shape index (κ1) is 11.6. The molecule has 0 unspecified atom stereocenters. The monoisotopic (exact) mass is 252 g/mol. The molecule has 0 aliphatic rings. The molecule has 3 aromatic rings. The van der Waals surface area contributed by atoms with E-state index in [0.717, 1.165) is 21.8 Å². The molecular formula is C15H12N2O2. The second-order valence-corrected chi connectivity index (χ2v) is 4.16. The van der Waals surface area contributed by atoms with Gasteiger partial charge in [-0.25, -0.2) is 4.79 Å². The van der Waals surface area contributed by atoms with Gasteiger partial charge in [0.25, 0.3) is 0 Å². The summed E-state index contributed by atoms with van der Waals surface area (Å²) in [5, 5.41) is 1.92. The van der Waals surface area contributed by atoms with E-state index < -0.39 is 0 Å². The Morgan fingerprint density at radius 2 is 1.95 bits per heavy atom. The summed E-state index contributed by atoms with van der Waals surface area (Å²) in [5.41, 5.74) is 2.10. The van der Waals surface area contributed by atoms with Crippen molar-refractivity contribution < 1.29 is 9.53 Å². The largest absolute Gasteiger partial charge is 0.462 e. The zero-order valence-corrected chi connectivity index (χ0v) is 10.5. The van der Waals surface area contributed by atoms with E-state index in [1.54, 1.807) is 19.2 Å². The molecule has 3 rings (SSSR count). The number of rotatable bonds is 2. The number of hydrogen-bond acceptors (Lipinski definition) is 4. The molecule has 0 atom stereocenters. The predicted octanol–water partition coefficient (Wildman–Crippen LogP) is 2.96. The van der Waals surface area contributed by atoms with Gasteiger partial charge in [0.2, 0.25) is 0 Å². The minimum atomic E-state index is -0.349. The zero-order chi connectivity index (χ0) is 13.2. The van der Waals surface area contributed by atoms with Gasteiger partial charge in [-0.2, -0.15) is 0 Å². The maximum atomic E-state index is 11.7. The maximum absolute atomic E-state index is 11.7. The number of aromatic nitrogens is 2. The van der Waals surface area contributed by atoms with Crippen LogP contribution in [0.4, 0.5) is 0 Å². The minimum Gasteiger partial charge on any atom is -0.462 e. The fourth-order valence-corrected chi connectivity index (χ4v) is 2.06. The summed E-state index contributed by atoms with van der Waals surface area (Å²) in [7, 11) is 0. The van der Waals surface area contributed by atoms with Gasteiger partial charge in [-0.05, 0) is 19.1 Å². The number of nitrogens with zero attached hydrogens (tertiary/aromatic N) is 2. The first-order chi connectivity index (χ1) is 9.29. The highest BCUT2D eigenvalue weighted by Crippen LogP contribution is 2.22. The van der Waals surface area contributed by atoms with E-state index in [2.05, 4.69) is 9.97 Å². The van der Waals surface area contributed by atoms with Gasteiger partial charge < -0.3 is 4.74 Å². The number of pyridine rings is 2. The highest BCUT2D eigenvalue weighted by Gasteiger charge is 2.09. The van der Waals surface area contributed by atoms with Crippen LogP contribution in [-0.4, -0.2) is 22.5 Å². The Balaban J connectivity index is 2.20. The van der Waals surface area contributed by atoms with Crippen molar-refractivity contribution in [3.8, 4) is 0 Å². The Bertz CT molecular complexity index is 768. The summed E-state index contributed by atoms with van der Waals surface area (Å²) in [6.07, 6.45) is 3.27. The van der Waals surface area contributed by atoms with Crippen LogP contribution in [0, 0.1) is 0 Å². The van der Waals surface area contributed by atoms with Gasteiger partial charge in [-0.1, -0.05) is 18.2 Å². The Kier molecular flexibility index (Phi) is 2.83. The molecule has 0 aliphatic heterocycles. The summed E-state index contributed by atoms with van der Waals surface area (Å²) in [4.78, 5) is 20.4. The normalized spacial score (nSPS) is 10.8. The second kappa shape index (κ2) is 4.65. The van der Waals surface area contributed by atoms with Crippen LogP contribution in [0.15, 0.2) is 42.7 Å². The van der Waals surface area contributed by atoms with E-state index in [0.29, 0.717) is 12.2 Å². The summed E-state index contributed by atoms with van der Waals surface area (Å²) in [5.74, 6) is -0.349. The van der Waals surface area contributed by atoms with Crippen molar-refractivity contribution in [2.45, 2.75) is 6.92 Å². The molecule has 0 amide bonds. The van der Waals surface area contributed by atoms with Crippen molar-refractivity contribution in [1.82, 2.24) is 9.97 Å². The zero-order valence-electron chi connectivity index (χ0n) is 10.5. The Morgan fingerprint density at radius 3 is 2.79 bits per heavy atom. The van der Waals surface area contributed by atoms with Crippen LogP contribution < -0.4 is 0 Å². The first-order valence-corrected chi connectivity index (χ1v) is 6.10. The molecule has 0 spiro atoms. The van der Waals surface area contributed by atoms with Crippen molar-refractivity contribution in [3.63, 3.8) is 0 Å². The molecule has 0 fully saturated rings. The molecule has 0 N–H and O–H groups in total. The number of esters is 1. The third-order valence-corrected chi connectivity index (χ3v) is 2.93.